The highest BCUT2D eigenvalue weighted by molar-refractivity contribution is 5.88. The van der Waals surface area contributed by atoms with Gasteiger partial charge in [-0.15, -0.1) is 0 Å². The van der Waals surface area contributed by atoms with E-state index in [9.17, 15) is 4.79 Å². The predicted molar refractivity (Wildman–Crippen MR) is 142 cm³/mol. The van der Waals surface area contributed by atoms with Gasteiger partial charge in [-0.1, -0.05) is 62.2 Å². The molecule has 35 heavy (non-hydrogen) atoms. The number of unbranched alkanes of at least 4 members (excludes halogenated alkanes) is 1. The van der Waals surface area contributed by atoms with Crippen LogP contribution in [0.1, 0.15) is 68.9 Å². The Morgan fingerprint density at radius 3 is 2.57 bits per heavy atom. The number of likely N-dealkylation sites (tertiary alicyclic amines) is 1. The Labute approximate surface area is 209 Å². The molecule has 1 unspecified atom stereocenters. The van der Waals surface area contributed by atoms with Crippen molar-refractivity contribution in [2.24, 2.45) is 5.92 Å². The minimum atomic E-state index is -0.192. The topological polar surface area (TPSA) is 42.4 Å². The average molecular weight is 471 g/mol. The van der Waals surface area contributed by atoms with Crippen LogP contribution in [0.5, 0.6) is 0 Å². The summed E-state index contributed by atoms with van der Waals surface area (Å²) in [5.41, 5.74) is 6.22. The molecule has 1 aromatic heterocycles. The summed E-state index contributed by atoms with van der Waals surface area (Å²) in [7, 11) is 0. The fraction of sp³-hybridized carbons (Fsp3) is 0.484. The van der Waals surface area contributed by atoms with Gasteiger partial charge in [0.15, 0.2) is 0 Å². The van der Waals surface area contributed by atoms with Gasteiger partial charge in [0.1, 0.15) is 6.10 Å². The second-order valence-corrected chi connectivity index (χ2v) is 10.3. The Balaban J connectivity index is 1.31. The molecule has 0 aliphatic carbocycles. The Hall–Kier alpha value is -2.72. The monoisotopic (exact) mass is 470 g/mol. The molecule has 1 amide bonds. The molecular formula is C31H38N2O2. The average Bonchev–Trinajstić information content (AvgIpc) is 3.45. The number of ether oxygens (including phenoxy) is 1. The van der Waals surface area contributed by atoms with Crippen LogP contribution in [-0.2, 0) is 9.53 Å². The second-order valence-electron chi connectivity index (χ2n) is 10.3. The summed E-state index contributed by atoms with van der Waals surface area (Å²) < 4.78 is 5.65. The first kappa shape index (κ1) is 24.0. The lowest BCUT2D eigenvalue weighted by molar-refractivity contribution is -0.142. The standard InChI is InChI=1S/C31H38N2O2/c1-3-4-8-27(25-16-18-33(19-17-25)31(34)30-11-7-20-35-30)23-12-14-24(15-13-23)28-21-32-29-10-6-5-9-26(29)22(28)2/h5-6,9-10,12-15,21,25,27,30H,3-4,7-8,11,16-20H2,1-2H3/t27?,30-/m1/s1. The van der Waals surface area contributed by atoms with Gasteiger partial charge in [-0.3, -0.25) is 9.78 Å². The van der Waals surface area contributed by atoms with E-state index in [0.29, 0.717) is 11.8 Å². The van der Waals surface area contributed by atoms with Crippen molar-refractivity contribution in [1.82, 2.24) is 9.88 Å². The highest BCUT2D eigenvalue weighted by Crippen LogP contribution is 2.38. The van der Waals surface area contributed by atoms with E-state index in [1.807, 2.05) is 12.3 Å². The number of aryl methyl sites for hydroxylation is 1. The van der Waals surface area contributed by atoms with E-state index in [1.165, 1.54) is 46.9 Å². The quantitative estimate of drug-likeness (QED) is 0.377. The van der Waals surface area contributed by atoms with E-state index in [1.54, 1.807) is 0 Å². The fourth-order valence-corrected chi connectivity index (χ4v) is 6.08. The number of aromatic nitrogens is 1. The van der Waals surface area contributed by atoms with Crippen LogP contribution in [0.15, 0.2) is 54.7 Å². The van der Waals surface area contributed by atoms with E-state index in [2.05, 4.69) is 61.2 Å². The van der Waals surface area contributed by atoms with Gasteiger partial charge >= 0.3 is 0 Å². The lowest BCUT2D eigenvalue weighted by atomic mass is 9.77. The molecule has 0 radical (unpaired) electrons. The number of carbonyl (C=O) groups excluding carboxylic acids is 1. The van der Waals surface area contributed by atoms with Gasteiger partial charge < -0.3 is 9.64 Å². The molecule has 0 N–H and O–H groups in total. The Kier molecular flexibility index (Phi) is 7.48. The van der Waals surface area contributed by atoms with E-state index in [4.69, 9.17) is 9.72 Å². The number of fused-ring (bicyclic) bond motifs is 1. The van der Waals surface area contributed by atoms with Crippen molar-refractivity contribution in [2.75, 3.05) is 19.7 Å². The Bertz CT molecular complexity index is 1140. The fourth-order valence-electron chi connectivity index (χ4n) is 6.08. The van der Waals surface area contributed by atoms with Crippen molar-refractivity contribution in [1.29, 1.82) is 0 Å². The van der Waals surface area contributed by atoms with Crippen LogP contribution in [0.3, 0.4) is 0 Å². The van der Waals surface area contributed by atoms with Crippen LogP contribution in [0, 0.1) is 12.8 Å². The van der Waals surface area contributed by atoms with Crippen LogP contribution in [0.4, 0.5) is 0 Å². The van der Waals surface area contributed by atoms with Gasteiger partial charge in [-0.2, -0.15) is 0 Å². The Morgan fingerprint density at radius 2 is 1.86 bits per heavy atom. The van der Waals surface area contributed by atoms with E-state index >= 15 is 0 Å². The first-order chi connectivity index (χ1) is 17.2. The summed E-state index contributed by atoms with van der Waals surface area (Å²) in [4.78, 5) is 19.6. The van der Waals surface area contributed by atoms with Gasteiger partial charge in [-0.05, 0) is 73.6 Å². The number of nitrogens with zero attached hydrogens (tertiary/aromatic N) is 2. The summed E-state index contributed by atoms with van der Waals surface area (Å²) >= 11 is 0. The zero-order chi connectivity index (χ0) is 24.2. The van der Waals surface area contributed by atoms with Gasteiger partial charge in [0, 0.05) is 36.8 Å². The van der Waals surface area contributed by atoms with Crippen molar-refractivity contribution < 1.29 is 9.53 Å². The molecule has 4 nitrogen and oxygen atoms in total. The summed E-state index contributed by atoms with van der Waals surface area (Å²) in [6.45, 7) is 6.94. The molecule has 0 bridgehead atoms. The molecule has 2 fully saturated rings. The molecule has 0 saturated carbocycles. The van der Waals surface area contributed by atoms with Crippen LogP contribution in [-0.4, -0.2) is 41.6 Å². The first-order valence-electron chi connectivity index (χ1n) is 13.5. The number of pyridine rings is 1. The number of amides is 1. The minimum absolute atomic E-state index is 0.192. The highest BCUT2D eigenvalue weighted by Gasteiger charge is 2.33. The number of hydrogen-bond acceptors (Lipinski definition) is 3. The number of piperidine rings is 1. The van der Waals surface area contributed by atoms with Crippen molar-refractivity contribution in [3.05, 3.63) is 65.9 Å². The number of rotatable bonds is 7. The van der Waals surface area contributed by atoms with Crippen molar-refractivity contribution in [3.63, 3.8) is 0 Å². The highest BCUT2D eigenvalue weighted by atomic mass is 16.5. The summed E-state index contributed by atoms with van der Waals surface area (Å²) in [5, 5.41) is 1.22. The van der Waals surface area contributed by atoms with Gasteiger partial charge in [0.2, 0.25) is 0 Å². The molecule has 5 rings (SSSR count). The number of carbonyl (C=O) groups is 1. The van der Waals surface area contributed by atoms with Crippen LogP contribution < -0.4 is 0 Å². The SMILES string of the molecule is CCCCC(c1ccc(-c2cnc3ccccc3c2C)cc1)C1CCN(C(=O)[C@H]2CCCO2)CC1. The van der Waals surface area contributed by atoms with E-state index in [-0.39, 0.29) is 12.0 Å². The van der Waals surface area contributed by atoms with Crippen molar-refractivity contribution in [3.8, 4) is 11.1 Å². The van der Waals surface area contributed by atoms with Crippen LogP contribution >= 0.6 is 0 Å². The maximum absolute atomic E-state index is 12.8. The summed E-state index contributed by atoms with van der Waals surface area (Å²) in [6.07, 6.45) is 9.57. The lowest BCUT2D eigenvalue weighted by Crippen LogP contribution is -2.44. The van der Waals surface area contributed by atoms with Crippen LogP contribution in [0.25, 0.3) is 22.0 Å². The minimum Gasteiger partial charge on any atom is -0.368 e. The number of hydrogen-bond donors (Lipinski definition) is 0. The molecule has 3 heterocycles. The first-order valence-corrected chi connectivity index (χ1v) is 13.5. The zero-order valence-corrected chi connectivity index (χ0v) is 21.2. The molecule has 2 saturated heterocycles. The van der Waals surface area contributed by atoms with Crippen molar-refractivity contribution >= 4 is 16.8 Å². The van der Waals surface area contributed by atoms with Crippen LogP contribution in [0.2, 0.25) is 0 Å². The maximum Gasteiger partial charge on any atom is 0.251 e. The van der Waals surface area contributed by atoms with E-state index in [0.717, 1.165) is 50.9 Å². The van der Waals surface area contributed by atoms with Gasteiger partial charge in [0.25, 0.3) is 5.91 Å². The number of para-hydroxylation sites is 1. The third kappa shape index (κ3) is 5.13. The predicted octanol–water partition coefficient (Wildman–Crippen LogP) is 6.90. The third-order valence-corrected chi connectivity index (χ3v) is 8.19. The molecule has 2 atom stereocenters. The maximum atomic E-state index is 12.8. The lowest BCUT2D eigenvalue weighted by Gasteiger charge is -2.37. The smallest absolute Gasteiger partial charge is 0.251 e. The molecule has 2 aliphatic heterocycles. The molecule has 0 spiro atoms. The summed E-state index contributed by atoms with van der Waals surface area (Å²) in [5.74, 6) is 1.40. The molecule has 3 aromatic rings. The Morgan fingerprint density at radius 1 is 1.09 bits per heavy atom. The molecule has 2 aromatic carbocycles. The number of benzene rings is 2. The molecule has 4 heteroatoms. The molecule has 184 valence electrons. The molecule has 2 aliphatic rings. The normalized spacial score (nSPS) is 19.8. The zero-order valence-electron chi connectivity index (χ0n) is 21.2. The van der Waals surface area contributed by atoms with Gasteiger partial charge in [0.05, 0.1) is 5.52 Å². The molecular weight excluding hydrogens is 432 g/mol. The second kappa shape index (κ2) is 10.9. The third-order valence-electron chi connectivity index (χ3n) is 8.19. The van der Waals surface area contributed by atoms with E-state index < -0.39 is 0 Å². The summed E-state index contributed by atoms with van der Waals surface area (Å²) in [6, 6.07) is 17.6. The van der Waals surface area contributed by atoms with Gasteiger partial charge in [-0.25, -0.2) is 0 Å². The largest absolute Gasteiger partial charge is 0.368 e. The van der Waals surface area contributed by atoms with Crippen molar-refractivity contribution in [2.45, 2.75) is 70.8 Å².